The number of hydrogen-bond acceptors (Lipinski definition) is 3. The van der Waals surface area contributed by atoms with E-state index in [2.05, 4.69) is 15.9 Å². The SMILES string of the molecule is Cc1cc(S(=O)(=O)N2CCC(C(N)=O)CC2)c(C)cc1Br. The molecule has 0 aromatic heterocycles. The summed E-state index contributed by atoms with van der Waals surface area (Å²) in [4.78, 5) is 11.5. The Bertz CT molecular complexity index is 665. The highest BCUT2D eigenvalue weighted by Gasteiger charge is 2.32. The van der Waals surface area contributed by atoms with Crippen molar-refractivity contribution in [3.63, 3.8) is 0 Å². The number of sulfonamides is 1. The summed E-state index contributed by atoms with van der Waals surface area (Å²) in [6.45, 7) is 4.32. The van der Waals surface area contributed by atoms with Crippen LogP contribution in [-0.4, -0.2) is 31.7 Å². The first-order chi connectivity index (χ1) is 9.73. The first kappa shape index (κ1) is 16.5. The number of primary amides is 1. The zero-order chi connectivity index (χ0) is 15.8. The minimum Gasteiger partial charge on any atom is -0.369 e. The summed E-state index contributed by atoms with van der Waals surface area (Å²) in [6.07, 6.45) is 0.978. The maximum absolute atomic E-state index is 12.7. The van der Waals surface area contributed by atoms with E-state index in [1.165, 1.54) is 4.31 Å². The number of amides is 1. The van der Waals surface area contributed by atoms with Gasteiger partial charge in [-0.3, -0.25) is 4.79 Å². The summed E-state index contributed by atoms with van der Waals surface area (Å²) in [5.74, 6) is -0.563. The monoisotopic (exact) mass is 374 g/mol. The van der Waals surface area contributed by atoms with Crippen molar-refractivity contribution < 1.29 is 13.2 Å². The largest absolute Gasteiger partial charge is 0.369 e. The Morgan fingerprint density at radius 2 is 1.81 bits per heavy atom. The summed E-state index contributed by atoms with van der Waals surface area (Å²) in [7, 11) is -3.52. The van der Waals surface area contributed by atoms with Gasteiger partial charge in [-0.25, -0.2) is 8.42 Å². The summed E-state index contributed by atoms with van der Waals surface area (Å²) >= 11 is 3.41. The van der Waals surface area contributed by atoms with Gasteiger partial charge in [0.15, 0.2) is 0 Å². The van der Waals surface area contributed by atoms with Crippen LogP contribution in [0.5, 0.6) is 0 Å². The first-order valence-corrected chi connectivity index (χ1v) is 9.03. The lowest BCUT2D eigenvalue weighted by Gasteiger charge is -2.30. The number of nitrogens with two attached hydrogens (primary N) is 1. The van der Waals surface area contributed by atoms with Crippen molar-refractivity contribution in [2.45, 2.75) is 31.6 Å². The average Bonchev–Trinajstić information content (AvgIpc) is 2.42. The molecule has 0 aliphatic carbocycles. The van der Waals surface area contributed by atoms with Gasteiger partial charge in [0.25, 0.3) is 0 Å². The second kappa shape index (κ2) is 6.06. The van der Waals surface area contributed by atoms with Crippen molar-refractivity contribution in [2.75, 3.05) is 13.1 Å². The van der Waals surface area contributed by atoms with Crippen LogP contribution in [0.4, 0.5) is 0 Å². The number of carbonyl (C=O) groups is 1. The molecule has 1 aromatic carbocycles. The van der Waals surface area contributed by atoms with Crippen LogP contribution in [0.3, 0.4) is 0 Å². The first-order valence-electron chi connectivity index (χ1n) is 6.79. The Morgan fingerprint density at radius 3 is 2.33 bits per heavy atom. The summed E-state index contributed by atoms with van der Waals surface area (Å²) in [5.41, 5.74) is 6.87. The second-order valence-corrected chi connectivity index (χ2v) is 8.21. The van der Waals surface area contributed by atoms with E-state index >= 15 is 0 Å². The highest BCUT2D eigenvalue weighted by Crippen LogP contribution is 2.29. The number of nitrogens with zero attached hydrogens (tertiary/aromatic N) is 1. The van der Waals surface area contributed by atoms with Crippen LogP contribution in [0.25, 0.3) is 0 Å². The van der Waals surface area contributed by atoms with Gasteiger partial charge in [0, 0.05) is 23.5 Å². The number of benzene rings is 1. The van der Waals surface area contributed by atoms with E-state index in [9.17, 15) is 13.2 Å². The Kier molecular flexibility index (Phi) is 4.75. The van der Waals surface area contributed by atoms with Gasteiger partial charge in [-0.15, -0.1) is 0 Å². The topological polar surface area (TPSA) is 80.5 Å². The molecule has 7 heteroatoms. The molecule has 1 aromatic rings. The van der Waals surface area contributed by atoms with E-state index in [1.54, 1.807) is 13.0 Å². The van der Waals surface area contributed by atoms with Gasteiger partial charge < -0.3 is 5.73 Å². The molecule has 21 heavy (non-hydrogen) atoms. The van der Waals surface area contributed by atoms with Crippen LogP contribution < -0.4 is 5.73 Å². The number of piperidine rings is 1. The van der Waals surface area contributed by atoms with E-state index < -0.39 is 10.0 Å². The molecule has 0 saturated carbocycles. The Balaban J connectivity index is 2.28. The van der Waals surface area contributed by atoms with E-state index in [0.29, 0.717) is 36.4 Å². The lowest BCUT2D eigenvalue weighted by Crippen LogP contribution is -2.41. The maximum atomic E-state index is 12.7. The zero-order valence-corrected chi connectivity index (χ0v) is 14.5. The molecule has 0 radical (unpaired) electrons. The standard InChI is InChI=1S/C14H19BrN2O3S/c1-9-8-13(10(2)7-12(9)15)21(19,20)17-5-3-11(4-6-17)14(16)18/h7-8,11H,3-6H2,1-2H3,(H2,16,18). The molecular weight excluding hydrogens is 356 g/mol. The van der Waals surface area contributed by atoms with Crippen LogP contribution in [-0.2, 0) is 14.8 Å². The molecule has 116 valence electrons. The third-order valence-corrected chi connectivity index (χ3v) is 6.83. The predicted molar refractivity (Wildman–Crippen MR) is 84.3 cm³/mol. The van der Waals surface area contributed by atoms with Gasteiger partial charge in [0.1, 0.15) is 0 Å². The fourth-order valence-electron chi connectivity index (χ4n) is 2.55. The van der Waals surface area contributed by atoms with Gasteiger partial charge in [-0.05, 0) is 49.9 Å². The van der Waals surface area contributed by atoms with E-state index in [-0.39, 0.29) is 11.8 Å². The Hall–Kier alpha value is -0.920. The molecule has 0 atom stereocenters. The van der Waals surface area contributed by atoms with Crippen LogP contribution >= 0.6 is 15.9 Å². The molecule has 1 heterocycles. The number of rotatable bonds is 3. The fourth-order valence-corrected chi connectivity index (χ4v) is 4.77. The van der Waals surface area contributed by atoms with Gasteiger partial charge >= 0.3 is 0 Å². The zero-order valence-electron chi connectivity index (χ0n) is 12.1. The summed E-state index contributed by atoms with van der Waals surface area (Å²) < 4.78 is 27.8. The molecule has 2 N–H and O–H groups in total. The van der Waals surface area contributed by atoms with Crippen molar-refractivity contribution >= 4 is 31.9 Å². The average molecular weight is 375 g/mol. The molecular formula is C14H19BrN2O3S. The van der Waals surface area contributed by atoms with Crippen molar-refractivity contribution in [3.8, 4) is 0 Å². The van der Waals surface area contributed by atoms with Crippen LogP contribution in [0.2, 0.25) is 0 Å². The minimum absolute atomic E-state index is 0.218. The van der Waals surface area contributed by atoms with Crippen molar-refractivity contribution in [1.82, 2.24) is 4.31 Å². The highest BCUT2D eigenvalue weighted by molar-refractivity contribution is 9.10. The molecule has 2 rings (SSSR count). The van der Waals surface area contributed by atoms with Gasteiger partial charge in [0.05, 0.1) is 4.90 Å². The number of aryl methyl sites for hydroxylation is 2. The minimum atomic E-state index is -3.52. The number of hydrogen-bond donors (Lipinski definition) is 1. The van der Waals surface area contributed by atoms with Crippen molar-refractivity contribution in [2.24, 2.45) is 11.7 Å². The van der Waals surface area contributed by atoms with Crippen molar-refractivity contribution in [1.29, 1.82) is 0 Å². The molecule has 1 saturated heterocycles. The quantitative estimate of drug-likeness (QED) is 0.877. The molecule has 5 nitrogen and oxygen atoms in total. The summed E-state index contributed by atoms with van der Waals surface area (Å²) in [6, 6.07) is 3.51. The summed E-state index contributed by atoms with van der Waals surface area (Å²) in [5, 5.41) is 0. The van der Waals surface area contributed by atoms with E-state index in [0.717, 1.165) is 10.0 Å². The van der Waals surface area contributed by atoms with Crippen LogP contribution in [0.1, 0.15) is 24.0 Å². The molecule has 1 amide bonds. The Morgan fingerprint density at radius 1 is 1.24 bits per heavy atom. The van der Waals surface area contributed by atoms with Gasteiger partial charge in [-0.2, -0.15) is 4.31 Å². The molecule has 1 aliphatic heterocycles. The number of carbonyl (C=O) groups excluding carboxylic acids is 1. The highest BCUT2D eigenvalue weighted by atomic mass is 79.9. The molecule has 1 fully saturated rings. The predicted octanol–water partition coefficient (Wildman–Crippen LogP) is 1.95. The fraction of sp³-hybridized carbons (Fsp3) is 0.500. The third kappa shape index (κ3) is 3.30. The third-order valence-electron chi connectivity index (χ3n) is 3.93. The van der Waals surface area contributed by atoms with Crippen LogP contribution in [0.15, 0.2) is 21.5 Å². The van der Waals surface area contributed by atoms with E-state index in [4.69, 9.17) is 5.73 Å². The smallest absolute Gasteiger partial charge is 0.243 e. The van der Waals surface area contributed by atoms with Gasteiger partial charge in [-0.1, -0.05) is 15.9 Å². The number of halogens is 1. The van der Waals surface area contributed by atoms with E-state index in [1.807, 2.05) is 13.0 Å². The lowest BCUT2D eigenvalue weighted by molar-refractivity contribution is -0.122. The lowest BCUT2D eigenvalue weighted by atomic mass is 9.98. The normalized spacial score (nSPS) is 17.9. The second-order valence-electron chi connectivity index (χ2n) is 5.45. The molecule has 1 aliphatic rings. The Labute approximate surface area is 133 Å². The van der Waals surface area contributed by atoms with Crippen molar-refractivity contribution in [3.05, 3.63) is 27.7 Å². The van der Waals surface area contributed by atoms with Gasteiger partial charge in [0.2, 0.25) is 15.9 Å². The van der Waals surface area contributed by atoms with Crippen LogP contribution in [0, 0.1) is 19.8 Å². The molecule has 0 bridgehead atoms. The maximum Gasteiger partial charge on any atom is 0.243 e. The molecule has 0 spiro atoms. The molecule has 0 unspecified atom stereocenters.